The first-order chi connectivity index (χ1) is 10.7. The molecule has 0 aromatic heterocycles. The number of carbonyl (C=O) groups excluding carboxylic acids is 1. The van der Waals surface area contributed by atoms with Crippen molar-refractivity contribution in [3.63, 3.8) is 0 Å². The number of rotatable bonds is 7. The fourth-order valence-corrected chi connectivity index (χ4v) is 2.55. The van der Waals surface area contributed by atoms with Crippen molar-refractivity contribution in [2.75, 3.05) is 6.61 Å². The van der Waals surface area contributed by atoms with Crippen molar-refractivity contribution in [1.29, 1.82) is 0 Å². The minimum atomic E-state index is -4.43. The highest BCUT2D eigenvalue weighted by atomic mass is 19.4. The summed E-state index contributed by atoms with van der Waals surface area (Å²) < 4.78 is 39.1. The van der Waals surface area contributed by atoms with Gasteiger partial charge in [-0.3, -0.25) is 4.79 Å². The summed E-state index contributed by atoms with van der Waals surface area (Å²) in [5, 5.41) is 11.8. The van der Waals surface area contributed by atoms with Gasteiger partial charge < -0.3 is 10.4 Å². The van der Waals surface area contributed by atoms with Crippen molar-refractivity contribution in [3.8, 4) is 0 Å². The van der Waals surface area contributed by atoms with Crippen molar-refractivity contribution in [3.05, 3.63) is 35.4 Å². The molecule has 0 saturated heterocycles. The minimum Gasteiger partial charge on any atom is -0.396 e. The Labute approximate surface area is 134 Å². The monoisotopic (exact) mass is 331 g/mol. The fourth-order valence-electron chi connectivity index (χ4n) is 2.55. The Morgan fingerprint density at radius 1 is 1.22 bits per heavy atom. The third kappa shape index (κ3) is 5.86. The number of hydrogen-bond donors (Lipinski definition) is 2. The Balaban J connectivity index is 2.80. The molecule has 23 heavy (non-hydrogen) atoms. The molecule has 0 aliphatic carbocycles. The molecular weight excluding hydrogens is 307 g/mol. The van der Waals surface area contributed by atoms with Crippen LogP contribution in [0.5, 0.6) is 0 Å². The maximum atomic E-state index is 13.0. The summed E-state index contributed by atoms with van der Waals surface area (Å²) in [4.78, 5) is 12.1. The van der Waals surface area contributed by atoms with E-state index in [-0.39, 0.29) is 36.5 Å². The van der Waals surface area contributed by atoms with Crippen LogP contribution in [0.3, 0.4) is 0 Å². The van der Waals surface area contributed by atoms with E-state index >= 15 is 0 Å². The van der Waals surface area contributed by atoms with Crippen LogP contribution >= 0.6 is 0 Å². The molecule has 2 unspecified atom stereocenters. The molecule has 1 amide bonds. The second-order valence-electron chi connectivity index (χ2n) is 6.12. The molecule has 0 aliphatic heterocycles. The second-order valence-corrected chi connectivity index (χ2v) is 6.12. The molecular formula is C17H24F3NO2. The lowest BCUT2D eigenvalue weighted by Gasteiger charge is -2.23. The van der Waals surface area contributed by atoms with E-state index in [1.165, 1.54) is 12.1 Å². The Morgan fingerprint density at radius 2 is 1.83 bits per heavy atom. The molecule has 6 heteroatoms. The van der Waals surface area contributed by atoms with E-state index in [0.717, 1.165) is 6.07 Å². The number of hydrogen-bond acceptors (Lipinski definition) is 2. The predicted octanol–water partition coefficient (Wildman–Crippen LogP) is 3.72. The number of aliphatic hydroxyl groups is 1. The minimum absolute atomic E-state index is 0.0260. The van der Waals surface area contributed by atoms with Gasteiger partial charge in [0.1, 0.15) is 0 Å². The van der Waals surface area contributed by atoms with Gasteiger partial charge in [-0.2, -0.15) is 13.2 Å². The summed E-state index contributed by atoms with van der Waals surface area (Å²) in [7, 11) is 0. The van der Waals surface area contributed by atoms with Gasteiger partial charge in [0.15, 0.2) is 0 Å². The van der Waals surface area contributed by atoms with Crippen LogP contribution in [-0.2, 0) is 11.0 Å². The van der Waals surface area contributed by atoms with Gasteiger partial charge in [-0.15, -0.1) is 0 Å². The van der Waals surface area contributed by atoms with E-state index in [2.05, 4.69) is 5.32 Å². The Morgan fingerprint density at radius 3 is 2.35 bits per heavy atom. The zero-order valence-corrected chi connectivity index (χ0v) is 13.7. The number of aliphatic hydroxyl groups excluding tert-OH is 1. The van der Waals surface area contributed by atoms with Crippen molar-refractivity contribution in [2.45, 2.75) is 51.7 Å². The molecule has 2 N–H and O–H groups in total. The van der Waals surface area contributed by atoms with Gasteiger partial charge in [0.2, 0.25) is 5.91 Å². The number of amides is 1. The SMILES string of the molecule is CC(CC(=O)NC(CCO)C(C)C)c1ccccc1C(F)(F)F. The molecule has 1 aromatic carbocycles. The zero-order chi connectivity index (χ0) is 17.6. The molecule has 0 spiro atoms. The Bertz CT molecular complexity index is 515. The maximum Gasteiger partial charge on any atom is 0.416 e. The van der Waals surface area contributed by atoms with Crippen LogP contribution < -0.4 is 5.32 Å². The van der Waals surface area contributed by atoms with Gasteiger partial charge in [-0.1, -0.05) is 39.0 Å². The largest absolute Gasteiger partial charge is 0.416 e. The summed E-state index contributed by atoms with van der Waals surface area (Å²) in [6, 6.07) is 5.15. The quantitative estimate of drug-likeness (QED) is 0.800. The lowest BCUT2D eigenvalue weighted by molar-refractivity contribution is -0.138. The second kappa shape index (κ2) is 8.34. The van der Waals surface area contributed by atoms with Crippen LogP contribution in [0, 0.1) is 5.92 Å². The summed E-state index contributed by atoms with van der Waals surface area (Å²) in [6.45, 7) is 5.40. The number of alkyl halides is 3. The van der Waals surface area contributed by atoms with Crippen LogP contribution in [-0.4, -0.2) is 23.7 Å². The lowest BCUT2D eigenvalue weighted by Crippen LogP contribution is -2.39. The van der Waals surface area contributed by atoms with Gasteiger partial charge >= 0.3 is 6.18 Å². The lowest BCUT2D eigenvalue weighted by atomic mass is 9.92. The van der Waals surface area contributed by atoms with Crippen LogP contribution in [0.2, 0.25) is 0 Å². The van der Waals surface area contributed by atoms with Crippen molar-refractivity contribution < 1.29 is 23.1 Å². The molecule has 2 atom stereocenters. The zero-order valence-electron chi connectivity index (χ0n) is 13.7. The molecule has 0 bridgehead atoms. The summed E-state index contributed by atoms with van der Waals surface area (Å²) in [6.07, 6.45) is -4.03. The van der Waals surface area contributed by atoms with Crippen molar-refractivity contribution in [2.24, 2.45) is 5.92 Å². The van der Waals surface area contributed by atoms with Gasteiger partial charge in [0, 0.05) is 19.1 Å². The summed E-state index contributed by atoms with van der Waals surface area (Å²) >= 11 is 0. The number of benzene rings is 1. The average molecular weight is 331 g/mol. The summed E-state index contributed by atoms with van der Waals surface area (Å²) in [5.74, 6) is -0.708. The highest BCUT2D eigenvalue weighted by molar-refractivity contribution is 5.77. The van der Waals surface area contributed by atoms with E-state index < -0.39 is 17.7 Å². The van der Waals surface area contributed by atoms with Gasteiger partial charge in [-0.05, 0) is 29.9 Å². The number of carbonyl (C=O) groups is 1. The van der Waals surface area contributed by atoms with Gasteiger partial charge in [-0.25, -0.2) is 0 Å². The Hall–Kier alpha value is -1.56. The molecule has 0 aliphatic rings. The van der Waals surface area contributed by atoms with E-state index in [0.29, 0.717) is 6.42 Å². The van der Waals surface area contributed by atoms with Crippen LogP contribution in [0.4, 0.5) is 13.2 Å². The van der Waals surface area contributed by atoms with Crippen LogP contribution in [0.1, 0.15) is 50.7 Å². The molecule has 0 saturated carbocycles. The first-order valence-corrected chi connectivity index (χ1v) is 7.73. The maximum absolute atomic E-state index is 13.0. The van der Waals surface area contributed by atoms with E-state index in [4.69, 9.17) is 5.11 Å². The molecule has 1 aromatic rings. The molecule has 3 nitrogen and oxygen atoms in total. The molecule has 130 valence electrons. The van der Waals surface area contributed by atoms with Crippen LogP contribution in [0.15, 0.2) is 24.3 Å². The van der Waals surface area contributed by atoms with Crippen molar-refractivity contribution >= 4 is 5.91 Å². The standard InChI is InChI=1S/C17H24F3NO2/c1-11(2)15(8-9-22)21-16(23)10-12(3)13-6-4-5-7-14(13)17(18,19)20/h4-7,11-12,15,22H,8-10H2,1-3H3,(H,21,23). The van der Waals surface area contributed by atoms with E-state index in [9.17, 15) is 18.0 Å². The smallest absolute Gasteiger partial charge is 0.396 e. The first-order valence-electron chi connectivity index (χ1n) is 7.73. The van der Waals surface area contributed by atoms with E-state index in [1.54, 1.807) is 13.0 Å². The first kappa shape index (κ1) is 19.5. The number of halogens is 3. The van der Waals surface area contributed by atoms with Gasteiger partial charge in [0.05, 0.1) is 5.56 Å². The number of nitrogens with one attached hydrogen (secondary N) is 1. The third-order valence-corrected chi connectivity index (χ3v) is 3.88. The highest BCUT2D eigenvalue weighted by Gasteiger charge is 2.34. The normalized spacial score (nSPS) is 14.6. The van der Waals surface area contributed by atoms with Gasteiger partial charge in [0.25, 0.3) is 0 Å². The average Bonchev–Trinajstić information content (AvgIpc) is 2.45. The fraction of sp³-hybridized carbons (Fsp3) is 0.588. The van der Waals surface area contributed by atoms with Crippen LogP contribution in [0.25, 0.3) is 0 Å². The molecule has 0 radical (unpaired) electrons. The predicted molar refractivity (Wildman–Crippen MR) is 82.9 cm³/mol. The molecule has 1 rings (SSSR count). The molecule has 0 fully saturated rings. The summed E-state index contributed by atoms with van der Waals surface area (Å²) in [5.41, 5.74) is -0.575. The van der Waals surface area contributed by atoms with E-state index in [1.807, 2.05) is 13.8 Å². The topological polar surface area (TPSA) is 49.3 Å². The Kier molecular flexibility index (Phi) is 7.06. The highest BCUT2D eigenvalue weighted by Crippen LogP contribution is 2.35. The third-order valence-electron chi connectivity index (χ3n) is 3.88. The molecule has 0 heterocycles. The van der Waals surface area contributed by atoms with Crippen molar-refractivity contribution in [1.82, 2.24) is 5.32 Å².